The van der Waals surface area contributed by atoms with Gasteiger partial charge in [-0.05, 0) is 30.2 Å². The third-order valence-electron chi connectivity index (χ3n) is 4.22. The molecular formula is C17H22N2O4S2. The predicted molar refractivity (Wildman–Crippen MR) is 101 cm³/mol. The number of methoxy groups -OCH3 is 1. The molecule has 1 aromatic rings. The predicted octanol–water partition coefficient (Wildman–Crippen LogP) is 2.34. The number of benzene rings is 1. The molecule has 0 spiro atoms. The molecule has 2 saturated heterocycles. The van der Waals surface area contributed by atoms with Gasteiger partial charge in [-0.2, -0.15) is 4.99 Å². The van der Waals surface area contributed by atoms with E-state index < -0.39 is 9.84 Å². The van der Waals surface area contributed by atoms with E-state index in [0.29, 0.717) is 11.6 Å². The van der Waals surface area contributed by atoms with Crippen LogP contribution in [0, 0.1) is 5.92 Å². The second-order valence-corrected chi connectivity index (χ2v) is 10.1. The number of fused-ring (bicyclic) bond motifs is 1. The summed E-state index contributed by atoms with van der Waals surface area (Å²) < 4.78 is 29.2. The van der Waals surface area contributed by atoms with Gasteiger partial charge in [0.25, 0.3) is 0 Å². The number of amidine groups is 1. The maximum atomic E-state index is 12.2. The van der Waals surface area contributed by atoms with E-state index in [-0.39, 0.29) is 34.6 Å². The number of anilines is 1. The summed E-state index contributed by atoms with van der Waals surface area (Å²) >= 11 is 1.40. The number of rotatable bonds is 4. The number of thioether (sulfide) groups is 1. The van der Waals surface area contributed by atoms with Gasteiger partial charge < -0.3 is 9.64 Å². The minimum Gasteiger partial charge on any atom is -0.497 e. The molecule has 1 aromatic carbocycles. The summed E-state index contributed by atoms with van der Waals surface area (Å²) in [5, 5.41) is 0.512. The summed E-state index contributed by atoms with van der Waals surface area (Å²) in [7, 11) is -1.46. The van der Waals surface area contributed by atoms with Gasteiger partial charge in [0.1, 0.15) is 5.75 Å². The van der Waals surface area contributed by atoms with Gasteiger partial charge in [-0.3, -0.25) is 4.79 Å². The lowest BCUT2D eigenvalue weighted by Gasteiger charge is -2.24. The Kier molecular flexibility index (Phi) is 5.11. The Bertz CT molecular complexity index is 787. The number of nitrogens with zero attached hydrogens (tertiary/aromatic N) is 2. The first-order valence-electron chi connectivity index (χ1n) is 8.21. The molecular weight excluding hydrogens is 360 g/mol. The molecule has 0 saturated carbocycles. The smallest absolute Gasteiger partial charge is 0.248 e. The lowest BCUT2D eigenvalue weighted by atomic mass is 10.1. The molecule has 2 aliphatic rings. The molecule has 136 valence electrons. The molecule has 0 bridgehead atoms. The van der Waals surface area contributed by atoms with Crippen LogP contribution in [-0.4, -0.2) is 49.4 Å². The first-order chi connectivity index (χ1) is 11.8. The number of hydrogen-bond donors (Lipinski definition) is 0. The number of amides is 1. The number of aliphatic imine (C=N–C) groups is 1. The summed E-state index contributed by atoms with van der Waals surface area (Å²) in [5.41, 5.74) is 0.828. The van der Waals surface area contributed by atoms with Crippen LogP contribution in [0.1, 0.15) is 20.3 Å². The third kappa shape index (κ3) is 4.00. The minimum atomic E-state index is -3.06. The summed E-state index contributed by atoms with van der Waals surface area (Å²) in [5.74, 6) is 1.01. The van der Waals surface area contributed by atoms with Crippen molar-refractivity contribution in [2.24, 2.45) is 10.9 Å². The summed E-state index contributed by atoms with van der Waals surface area (Å²) in [6.45, 7) is 3.95. The van der Waals surface area contributed by atoms with E-state index in [2.05, 4.69) is 4.99 Å². The molecule has 0 radical (unpaired) electrons. The molecule has 2 unspecified atom stereocenters. The molecule has 25 heavy (non-hydrogen) atoms. The number of carbonyl (C=O) groups is 1. The second kappa shape index (κ2) is 6.99. The average Bonchev–Trinajstić information content (AvgIpc) is 2.97. The van der Waals surface area contributed by atoms with Gasteiger partial charge in [-0.15, -0.1) is 0 Å². The van der Waals surface area contributed by atoms with Crippen LogP contribution in [-0.2, 0) is 14.6 Å². The first kappa shape index (κ1) is 18.3. The van der Waals surface area contributed by atoms with Crippen LogP contribution in [0.3, 0.4) is 0 Å². The van der Waals surface area contributed by atoms with Crippen LogP contribution in [0.2, 0.25) is 0 Å². The first-order valence-corrected chi connectivity index (χ1v) is 10.9. The quantitative estimate of drug-likeness (QED) is 0.796. The van der Waals surface area contributed by atoms with E-state index in [1.807, 2.05) is 43.0 Å². The normalized spacial score (nSPS) is 26.2. The van der Waals surface area contributed by atoms with Crippen LogP contribution >= 0.6 is 11.8 Å². The molecule has 1 amide bonds. The summed E-state index contributed by atoms with van der Waals surface area (Å²) in [4.78, 5) is 18.4. The van der Waals surface area contributed by atoms with Gasteiger partial charge in [-0.1, -0.05) is 25.6 Å². The van der Waals surface area contributed by atoms with Crippen molar-refractivity contribution in [3.8, 4) is 5.75 Å². The highest BCUT2D eigenvalue weighted by atomic mass is 32.2. The van der Waals surface area contributed by atoms with Crippen molar-refractivity contribution >= 4 is 38.4 Å². The standard InChI is InChI=1S/C17H22N2O4S2/c1-11(2)8-16(20)18-17-19(12-4-6-13(23-3)7-5-12)14-9-25(21,22)10-15(14)24-17/h4-7,11,14-15H,8-10H2,1-3H3. The number of sulfone groups is 1. The van der Waals surface area contributed by atoms with Gasteiger partial charge >= 0.3 is 0 Å². The minimum absolute atomic E-state index is 0.0855. The van der Waals surface area contributed by atoms with E-state index in [0.717, 1.165) is 11.4 Å². The second-order valence-electron chi connectivity index (χ2n) is 6.75. The maximum absolute atomic E-state index is 12.2. The fourth-order valence-corrected chi connectivity index (χ4v) is 7.04. The molecule has 2 fully saturated rings. The van der Waals surface area contributed by atoms with Crippen molar-refractivity contribution in [2.45, 2.75) is 31.6 Å². The molecule has 2 atom stereocenters. The van der Waals surface area contributed by atoms with E-state index in [4.69, 9.17) is 4.74 Å². The fraction of sp³-hybridized carbons (Fsp3) is 0.529. The van der Waals surface area contributed by atoms with Crippen LogP contribution in [0.25, 0.3) is 0 Å². The van der Waals surface area contributed by atoms with Crippen LogP contribution in [0.4, 0.5) is 5.69 Å². The largest absolute Gasteiger partial charge is 0.497 e. The molecule has 6 nitrogen and oxygen atoms in total. The highest BCUT2D eigenvalue weighted by Crippen LogP contribution is 2.41. The monoisotopic (exact) mass is 382 g/mol. The van der Waals surface area contributed by atoms with Gasteiger partial charge in [0.05, 0.1) is 24.7 Å². The molecule has 0 N–H and O–H groups in total. The zero-order valence-corrected chi connectivity index (χ0v) is 16.1. The SMILES string of the molecule is COc1ccc(N2C(=NC(=O)CC(C)C)SC3CS(=O)(=O)CC32)cc1. The lowest BCUT2D eigenvalue weighted by Crippen LogP contribution is -2.37. The van der Waals surface area contributed by atoms with Crippen molar-refractivity contribution in [3.05, 3.63) is 24.3 Å². The Balaban J connectivity index is 1.94. The molecule has 2 heterocycles. The average molecular weight is 383 g/mol. The van der Waals surface area contributed by atoms with Gasteiger partial charge in [0.15, 0.2) is 15.0 Å². The zero-order valence-electron chi connectivity index (χ0n) is 14.5. The maximum Gasteiger partial charge on any atom is 0.248 e. The Morgan fingerprint density at radius 2 is 2.00 bits per heavy atom. The molecule has 0 aliphatic carbocycles. The van der Waals surface area contributed by atoms with E-state index in [1.54, 1.807) is 7.11 Å². The van der Waals surface area contributed by atoms with Crippen molar-refractivity contribution in [3.63, 3.8) is 0 Å². The van der Waals surface area contributed by atoms with Gasteiger partial charge in [0.2, 0.25) is 5.91 Å². The molecule has 8 heteroatoms. The Hall–Kier alpha value is -1.54. The fourth-order valence-electron chi connectivity index (χ4n) is 3.11. The highest BCUT2D eigenvalue weighted by Gasteiger charge is 2.49. The molecule has 0 aromatic heterocycles. The van der Waals surface area contributed by atoms with Crippen molar-refractivity contribution in [1.29, 1.82) is 0 Å². The highest BCUT2D eigenvalue weighted by molar-refractivity contribution is 8.16. The topological polar surface area (TPSA) is 76.0 Å². The lowest BCUT2D eigenvalue weighted by molar-refractivity contribution is -0.118. The van der Waals surface area contributed by atoms with Crippen molar-refractivity contribution < 1.29 is 17.9 Å². The van der Waals surface area contributed by atoms with Crippen LogP contribution < -0.4 is 9.64 Å². The van der Waals surface area contributed by atoms with Crippen LogP contribution in [0.5, 0.6) is 5.75 Å². The number of carbonyl (C=O) groups excluding carboxylic acids is 1. The Morgan fingerprint density at radius 3 is 2.60 bits per heavy atom. The molecule has 3 rings (SSSR count). The van der Waals surface area contributed by atoms with E-state index >= 15 is 0 Å². The summed E-state index contributed by atoms with van der Waals surface area (Å²) in [6.07, 6.45) is 0.383. The number of ether oxygens (including phenoxy) is 1. The molecule has 2 aliphatic heterocycles. The van der Waals surface area contributed by atoms with Gasteiger partial charge in [0, 0.05) is 17.4 Å². The van der Waals surface area contributed by atoms with E-state index in [9.17, 15) is 13.2 Å². The Morgan fingerprint density at radius 1 is 1.32 bits per heavy atom. The summed E-state index contributed by atoms with van der Waals surface area (Å²) in [6, 6.07) is 7.20. The van der Waals surface area contributed by atoms with Gasteiger partial charge in [-0.25, -0.2) is 8.42 Å². The zero-order chi connectivity index (χ0) is 18.2. The van der Waals surface area contributed by atoms with E-state index in [1.165, 1.54) is 11.8 Å². The third-order valence-corrected chi connectivity index (χ3v) is 7.43. The number of hydrogen-bond acceptors (Lipinski definition) is 5. The van der Waals surface area contributed by atoms with Crippen molar-refractivity contribution in [2.75, 3.05) is 23.5 Å². The van der Waals surface area contributed by atoms with Crippen LogP contribution in [0.15, 0.2) is 29.3 Å². The Labute approximate surface area is 152 Å². The van der Waals surface area contributed by atoms with Crippen molar-refractivity contribution in [1.82, 2.24) is 0 Å².